The van der Waals surface area contributed by atoms with Crippen molar-refractivity contribution < 1.29 is 32.5 Å². The third-order valence-corrected chi connectivity index (χ3v) is 9.27. The van der Waals surface area contributed by atoms with E-state index in [0.717, 1.165) is 51.6 Å². The van der Waals surface area contributed by atoms with Gasteiger partial charge in [0.25, 0.3) is 5.91 Å². The van der Waals surface area contributed by atoms with Crippen LogP contribution in [0.25, 0.3) is 0 Å². The van der Waals surface area contributed by atoms with Crippen LogP contribution in [0, 0.1) is 11.8 Å². The molecule has 1 amide bonds. The first-order valence-corrected chi connectivity index (χ1v) is 14.9. The van der Waals surface area contributed by atoms with Gasteiger partial charge < -0.3 is 24.2 Å². The summed E-state index contributed by atoms with van der Waals surface area (Å²) in [4.78, 5) is 15.3. The lowest BCUT2D eigenvalue weighted by Gasteiger charge is -2.32. The molecule has 3 aliphatic rings. The molecule has 206 valence electrons. The number of methoxy groups -OCH3 is 1. The molecule has 2 heterocycles. The summed E-state index contributed by atoms with van der Waals surface area (Å²) in [5, 5.41) is 9.50. The molecule has 9 nitrogen and oxygen atoms in total. The van der Waals surface area contributed by atoms with Gasteiger partial charge in [-0.1, -0.05) is 19.3 Å². The van der Waals surface area contributed by atoms with Gasteiger partial charge in [0.05, 0.1) is 25.2 Å². The maximum atomic E-state index is 13.3. The van der Waals surface area contributed by atoms with Crippen LogP contribution in [0.4, 0.5) is 0 Å². The molecule has 0 bridgehead atoms. The second-order valence-corrected chi connectivity index (χ2v) is 12.0. The summed E-state index contributed by atoms with van der Waals surface area (Å²) in [6, 6.07) is 6.14. The Morgan fingerprint density at radius 1 is 1.08 bits per heavy atom. The molecule has 1 saturated carbocycles. The normalized spacial score (nSPS) is 23.1. The average molecular weight is 537 g/mol. The molecule has 2 atom stereocenters. The van der Waals surface area contributed by atoms with Crippen molar-refractivity contribution in [2.75, 3.05) is 46.5 Å². The Morgan fingerprint density at radius 3 is 2.38 bits per heavy atom. The van der Waals surface area contributed by atoms with Crippen LogP contribution in [0.5, 0.6) is 5.75 Å². The molecule has 1 saturated heterocycles. The predicted molar refractivity (Wildman–Crippen MR) is 138 cm³/mol. The summed E-state index contributed by atoms with van der Waals surface area (Å²) >= 11 is 0. The number of hydrogen-bond donors (Lipinski definition) is 1. The first kappa shape index (κ1) is 27.9. The van der Waals surface area contributed by atoms with Crippen molar-refractivity contribution in [3.05, 3.63) is 36.1 Å². The molecule has 1 aromatic rings. The highest BCUT2D eigenvalue weighted by molar-refractivity contribution is 7.89. The van der Waals surface area contributed by atoms with Crippen LogP contribution in [0.15, 0.2) is 41.0 Å². The quantitative estimate of drug-likeness (QED) is 0.463. The summed E-state index contributed by atoms with van der Waals surface area (Å²) in [7, 11) is -2.31. The molecule has 0 unspecified atom stereocenters. The number of rotatable bonds is 11. The van der Waals surface area contributed by atoms with Gasteiger partial charge in [0.15, 0.2) is 5.76 Å². The first-order chi connectivity index (χ1) is 17.9. The summed E-state index contributed by atoms with van der Waals surface area (Å²) in [6.07, 6.45) is 9.84. The number of aliphatic hydroxyl groups is 1. The zero-order valence-corrected chi connectivity index (χ0v) is 22.5. The Kier molecular flexibility index (Phi) is 9.86. The molecule has 0 aromatic heterocycles. The number of allylic oxidation sites excluding steroid dienone is 1. The lowest BCUT2D eigenvalue weighted by Crippen LogP contribution is -2.40. The van der Waals surface area contributed by atoms with Gasteiger partial charge >= 0.3 is 0 Å². The topological polar surface area (TPSA) is 106 Å². The number of amides is 1. The fourth-order valence-corrected chi connectivity index (χ4v) is 6.46. The van der Waals surface area contributed by atoms with Crippen molar-refractivity contribution in [2.45, 2.75) is 62.6 Å². The number of carbonyl (C=O) groups excluding carboxylic acids is 1. The molecular weight excluding hydrogens is 496 g/mol. The van der Waals surface area contributed by atoms with Gasteiger partial charge in [-0.05, 0) is 67.9 Å². The van der Waals surface area contributed by atoms with Gasteiger partial charge in [0.2, 0.25) is 16.3 Å². The highest BCUT2D eigenvalue weighted by Gasteiger charge is 2.38. The number of hydrogen-bond acceptors (Lipinski definition) is 7. The second kappa shape index (κ2) is 13.1. The standard InChI is InChI=1S/C27H40N2O7S/c1-34-23-9-11-24(12-10-23)37(32,33)29(15-17-30)16-18-35-26-20-22(21-7-8-21)19-25(36-26)27(31)28-13-5-3-2-4-6-14-28/h9-12,19,21-22,26,30H,2-8,13-18,20H2,1H3/t22-,26+/m0/s1. The Morgan fingerprint density at radius 2 is 1.76 bits per heavy atom. The molecule has 1 aliphatic carbocycles. The molecule has 1 aromatic carbocycles. The molecule has 2 aliphatic heterocycles. The number of carbonyl (C=O) groups is 1. The Bertz CT molecular complexity index is 1020. The second-order valence-electron chi connectivity index (χ2n) is 10.0. The highest BCUT2D eigenvalue weighted by Crippen LogP contribution is 2.43. The van der Waals surface area contributed by atoms with Crippen LogP contribution in [-0.2, 0) is 24.3 Å². The highest BCUT2D eigenvalue weighted by atomic mass is 32.2. The van der Waals surface area contributed by atoms with Crippen LogP contribution in [0.1, 0.15) is 51.4 Å². The van der Waals surface area contributed by atoms with E-state index in [-0.39, 0.29) is 43.0 Å². The van der Waals surface area contributed by atoms with Crippen molar-refractivity contribution in [1.29, 1.82) is 0 Å². The molecule has 37 heavy (non-hydrogen) atoms. The summed E-state index contributed by atoms with van der Waals surface area (Å²) in [5.74, 6) is 1.64. The zero-order valence-electron chi connectivity index (χ0n) is 21.7. The maximum Gasteiger partial charge on any atom is 0.288 e. The van der Waals surface area contributed by atoms with Gasteiger partial charge in [-0.15, -0.1) is 0 Å². The van der Waals surface area contributed by atoms with E-state index in [1.807, 2.05) is 11.0 Å². The van der Waals surface area contributed by atoms with Crippen LogP contribution in [0.2, 0.25) is 0 Å². The van der Waals surface area contributed by atoms with E-state index < -0.39 is 16.3 Å². The Hall–Kier alpha value is -2.14. The van der Waals surface area contributed by atoms with Gasteiger partial charge in [0.1, 0.15) is 5.75 Å². The fraction of sp³-hybridized carbons (Fsp3) is 0.667. The van der Waals surface area contributed by atoms with Crippen molar-refractivity contribution in [2.24, 2.45) is 11.8 Å². The Balaban J connectivity index is 1.38. The third kappa shape index (κ3) is 7.46. The van der Waals surface area contributed by atoms with Crippen molar-refractivity contribution in [1.82, 2.24) is 9.21 Å². The van der Waals surface area contributed by atoms with E-state index in [2.05, 4.69) is 0 Å². The first-order valence-electron chi connectivity index (χ1n) is 13.5. The molecule has 10 heteroatoms. The van der Waals surface area contributed by atoms with E-state index in [1.165, 1.54) is 30.0 Å². The lowest BCUT2D eigenvalue weighted by molar-refractivity contribution is -0.156. The van der Waals surface area contributed by atoms with Crippen LogP contribution >= 0.6 is 0 Å². The minimum atomic E-state index is -3.83. The monoisotopic (exact) mass is 536 g/mol. The Labute approximate surface area is 220 Å². The van der Waals surface area contributed by atoms with Crippen LogP contribution in [-0.4, -0.2) is 81.4 Å². The number of aliphatic hydroxyl groups excluding tert-OH is 1. The van der Waals surface area contributed by atoms with E-state index >= 15 is 0 Å². The van der Waals surface area contributed by atoms with Crippen LogP contribution < -0.4 is 4.74 Å². The summed E-state index contributed by atoms with van der Waals surface area (Å²) in [5.41, 5.74) is 0. The van der Waals surface area contributed by atoms with Gasteiger partial charge in [-0.3, -0.25) is 4.79 Å². The van der Waals surface area contributed by atoms with E-state index in [0.29, 0.717) is 23.8 Å². The minimum Gasteiger partial charge on any atom is -0.497 e. The van der Waals surface area contributed by atoms with E-state index in [1.54, 1.807) is 12.1 Å². The molecule has 4 rings (SSSR count). The SMILES string of the molecule is COc1ccc(S(=O)(=O)N(CCO)CCO[C@H]2C[C@@H](C3CC3)C=C(C(=O)N3CCCCCCC3)O2)cc1. The van der Waals surface area contributed by atoms with Gasteiger partial charge in [-0.25, -0.2) is 8.42 Å². The summed E-state index contributed by atoms with van der Waals surface area (Å²) in [6.45, 7) is 1.28. The summed E-state index contributed by atoms with van der Waals surface area (Å²) < 4.78 is 44.7. The average Bonchev–Trinajstić information content (AvgIpc) is 3.73. The molecule has 2 fully saturated rings. The van der Waals surface area contributed by atoms with E-state index in [4.69, 9.17) is 14.2 Å². The lowest BCUT2D eigenvalue weighted by atomic mass is 9.96. The smallest absolute Gasteiger partial charge is 0.288 e. The molecule has 0 spiro atoms. The third-order valence-electron chi connectivity index (χ3n) is 7.36. The van der Waals surface area contributed by atoms with Crippen molar-refractivity contribution >= 4 is 15.9 Å². The largest absolute Gasteiger partial charge is 0.497 e. The number of benzene rings is 1. The molecule has 0 radical (unpaired) electrons. The van der Waals surface area contributed by atoms with Crippen LogP contribution in [0.3, 0.4) is 0 Å². The predicted octanol–water partition coefficient (Wildman–Crippen LogP) is 3.14. The molecule has 1 N–H and O–H groups in total. The molecular formula is C27H40N2O7S. The van der Waals surface area contributed by atoms with Gasteiger partial charge in [-0.2, -0.15) is 4.31 Å². The van der Waals surface area contributed by atoms with Crippen molar-refractivity contribution in [3.63, 3.8) is 0 Å². The fourth-order valence-electron chi connectivity index (χ4n) is 5.04. The van der Waals surface area contributed by atoms with E-state index in [9.17, 15) is 18.3 Å². The number of ether oxygens (including phenoxy) is 3. The van der Waals surface area contributed by atoms with Gasteiger partial charge in [0, 0.05) is 32.6 Å². The van der Waals surface area contributed by atoms with Crippen molar-refractivity contribution in [3.8, 4) is 5.75 Å². The number of sulfonamides is 1. The maximum absolute atomic E-state index is 13.3. The minimum absolute atomic E-state index is 0.0491. The number of nitrogens with zero attached hydrogens (tertiary/aromatic N) is 2. The number of likely N-dealkylation sites (tertiary alicyclic amines) is 1. The zero-order chi connectivity index (χ0) is 26.3.